The molecule has 0 amide bonds. The van der Waals surface area contributed by atoms with E-state index >= 15 is 0 Å². The normalized spacial score (nSPS) is 21.0. The molecule has 74 heavy (non-hydrogen) atoms. The lowest BCUT2D eigenvalue weighted by atomic mass is 9.42. The lowest BCUT2D eigenvalue weighted by molar-refractivity contribution is -0.0397. The second kappa shape index (κ2) is 16.7. The molecule has 0 aliphatic heterocycles. The van der Waals surface area contributed by atoms with Crippen molar-refractivity contribution in [3.63, 3.8) is 0 Å². The van der Waals surface area contributed by atoms with Crippen LogP contribution in [-0.2, 0) is 10.8 Å². The largest absolute Gasteiger partial charge is 0.310 e. The van der Waals surface area contributed by atoms with E-state index in [4.69, 9.17) is 4.98 Å². The van der Waals surface area contributed by atoms with Crippen molar-refractivity contribution in [3.8, 4) is 77.9 Å². The van der Waals surface area contributed by atoms with E-state index in [0.29, 0.717) is 11.8 Å². The molecule has 356 valence electrons. The summed E-state index contributed by atoms with van der Waals surface area (Å²) in [5, 5.41) is 0. The number of anilines is 3. The van der Waals surface area contributed by atoms with Crippen LogP contribution in [0.2, 0.25) is 0 Å². The number of para-hydroxylation sites is 2. The monoisotopic (exact) mass is 951 g/mol. The van der Waals surface area contributed by atoms with E-state index in [1.165, 1.54) is 116 Å². The highest BCUT2D eigenvalue weighted by molar-refractivity contribution is 6.05. The summed E-state index contributed by atoms with van der Waals surface area (Å²) in [7, 11) is 0. The first kappa shape index (κ1) is 43.4. The van der Waals surface area contributed by atoms with E-state index in [-0.39, 0.29) is 10.8 Å². The van der Waals surface area contributed by atoms with Gasteiger partial charge in [0.2, 0.25) is 0 Å². The van der Waals surface area contributed by atoms with Crippen LogP contribution in [0.5, 0.6) is 0 Å². The zero-order valence-corrected chi connectivity index (χ0v) is 42.0. The number of benzene rings is 8. The Morgan fingerprint density at radius 2 is 0.919 bits per heavy atom. The van der Waals surface area contributed by atoms with Gasteiger partial charge in [0.25, 0.3) is 0 Å². The fourth-order valence-electron chi connectivity index (χ4n) is 15.5. The molecule has 0 saturated heterocycles. The molecule has 6 aliphatic carbocycles. The van der Waals surface area contributed by atoms with Crippen LogP contribution in [0.25, 0.3) is 77.9 Å². The van der Waals surface area contributed by atoms with Crippen molar-refractivity contribution in [2.45, 2.75) is 56.8 Å². The van der Waals surface area contributed by atoms with Crippen molar-refractivity contribution in [3.05, 3.63) is 247 Å². The molecule has 2 heterocycles. The Kier molecular flexibility index (Phi) is 9.80. The molecule has 6 aliphatic rings. The van der Waals surface area contributed by atoms with Crippen molar-refractivity contribution in [2.24, 2.45) is 23.7 Å². The van der Waals surface area contributed by atoms with E-state index in [0.717, 1.165) is 40.0 Å². The highest BCUT2D eigenvalue weighted by Crippen LogP contribution is 2.72. The quantitative estimate of drug-likeness (QED) is 0.152. The van der Waals surface area contributed by atoms with Crippen LogP contribution in [0.4, 0.5) is 17.1 Å². The Bertz CT molecular complexity index is 3740. The van der Waals surface area contributed by atoms with E-state index in [1.54, 1.807) is 5.56 Å². The lowest BCUT2D eigenvalue weighted by Crippen LogP contribution is -2.55. The Morgan fingerprint density at radius 3 is 1.58 bits per heavy atom. The van der Waals surface area contributed by atoms with E-state index in [2.05, 4.69) is 230 Å². The van der Waals surface area contributed by atoms with E-state index in [9.17, 15) is 0 Å². The van der Waals surface area contributed by atoms with Gasteiger partial charge in [-0.2, -0.15) is 0 Å². The van der Waals surface area contributed by atoms with Crippen LogP contribution in [0.1, 0.15) is 68.2 Å². The molecule has 10 aromatic rings. The number of aromatic nitrogens is 2. The molecule has 4 saturated carbocycles. The smallest absolute Gasteiger partial charge is 0.0465 e. The first-order valence-electron chi connectivity index (χ1n) is 26.9. The summed E-state index contributed by atoms with van der Waals surface area (Å²) in [6.07, 6.45) is 14.5. The summed E-state index contributed by atoms with van der Waals surface area (Å²) < 4.78 is 0. The highest BCUT2D eigenvalue weighted by atomic mass is 15.1. The fraction of sp³-hybridized carbons (Fsp3) is 0.183. The Hall–Kier alpha value is -8.14. The highest BCUT2D eigenvalue weighted by Gasteiger charge is 2.63. The minimum Gasteiger partial charge on any atom is -0.310 e. The van der Waals surface area contributed by atoms with Gasteiger partial charge in [0.15, 0.2) is 0 Å². The molecule has 16 rings (SSSR count). The van der Waals surface area contributed by atoms with Crippen LogP contribution in [0.3, 0.4) is 0 Å². The van der Waals surface area contributed by atoms with Crippen molar-refractivity contribution < 1.29 is 0 Å². The summed E-state index contributed by atoms with van der Waals surface area (Å²) >= 11 is 0. The lowest BCUT2D eigenvalue weighted by Gasteiger charge is -2.61. The maximum atomic E-state index is 4.85. The van der Waals surface area contributed by atoms with Crippen LogP contribution < -0.4 is 4.90 Å². The van der Waals surface area contributed by atoms with Crippen LogP contribution in [-0.4, -0.2) is 9.97 Å². The molecule has 1 spiro atoms. The molecular weight excluding hydrogens is 895 g/mol. The van der Waals surface area contributed by atoms with Gasteiger partial charge < -0.3 is 4.90 Å². The predicted octanol–water partition coefficient (Wildman–Crippen LogP) is 18.3. The number of hydrogen-bond donors (Lipinski definition) is 0. The average molecular weight is 952 g/mol. The van der Waals surface area contributed by atoms with E-state index < -0.39 is 0 Å². The molecule has 2 aromatic heterocycles. The maximum Gasteiger partial charge on any atom is 0.0465 e. The molecule has 0 unspecified atom stereocenters. The van der Waals surface area contributed by atoms with Gasteiger partial charge >= 0.3 is 0 Å². The second-order valence-electron chi connectivity index (χ2n) is 22.6. The number of pyridine rings is 2. The fourth-order valence-corrected chi connectivity index (χ4v) is 15.5. The number of hydrogen-bond acceptors (Lipinski definition) is 3. The van der Waals surface area contributed by atoms with Gasteiger partial charge in [-0.25, -0.2) is 0 Å². The van der Waals surface area contributed by atoms with Gasteiger partial charge in [0.1, 0.15) is 0 Å². The average Bonchev–Trinajstić information content (AvgIpc) is 3.90. The minimum absolute atomic E-state index is 0.136. The van der Waals surface area contributed by atoms with Gasteiger partial charge in [-0.15, -0.1) is 0 Å². The van der Waals surface area contributed by atoms with Gasteiger partial charge in [0, 0.05) is 63.8 Å². The molecule has 8 aromatic carbocycles. The Balaban J connectivity index is 0.997. The molecule has 4 fully saturated rings. The van der Waals surface area contributed by atoms with Gasteiger partial charge in [-0.3, -0.25) is 9.97 Å². The second-order valence-corrected chi connectivity index (χ2v) is 22.6. The van der Waals surface area contributed by atoms with Crippen LogP contribution in [0, 0.1) is 23.7 Å². The van der Waals surface area contributed by atoms with Gasteiger partial charge in [-0.05, 0) is 218 Å². The van der Waals surface area contributed by atoms with E-state index in [1.807, 2.05) is 18.6 Å². The molecule has 0 atom stereocenters. The third-order valence-corrected chi connectivity index (χ3v) is 18.4. The summed E-state index contributed by atoms with van der Waals surface area (Å²) in [5.41, 5.74) is 26.8. The molecular formula is C71H57N3. The zero-order chi connectivity index (χ0) is 49.1. The molecule has 3 heteroatoms. The standard InChI is InChI=1S/C71H57N3/c1-70(2)65-40-50(25-28-59(65)60-29-27-58(41-66(60)70)74(56-21-8-4-9-22-56)57-23-10-5-11-24-57)61-42-62(53-20-14-32-73-44-53)68-63-39-49(52-19-13-31-72-43-52)26-30-64(63)71(54-34-45-33-46(36-54)37-55(71)35-45)69(68)67(61)51-18-12-17-48(38-51)47-15-6-3-7-16-47/h3-32,38-46,54-55H,33-37H2,1-2H3. The molecule has 3 nitrogen and oxygen atoms in total. The maximum absolute atomic E-state index is 4.85. The SMILES string of the molecule is CC1(C)c2cc(-c3cc(-c4cccnc4)c4c(c3-c3cccc(-c5ccccc5)c3)C3(c5ccc(-c6cccnc6)cc5-4)C4CC5CC(C4)CC3C5)ccc2-c2ccc(N(c3ccccc3)c3ccccc3)cc21. The van der Waals surface area contributed by atoms with Crippen molar-refractivity contribution in [2.75, 3.05) is 4.90 Å². The first-order valence-corrected chi connectivity index (χ1v) is 26.9. The summed E-state index contributed by atoms with van der Waals surface area (Å²) in [4.78, 5) is 11.9. The van der Waals surface area contributed by atoms with Crippen molar-refractivity contribution >= 4 is 17.1 Å². The third kappa shape index (κ3) is 6.51. The van der Waals surface area contributed by atoms with Crippen molar-refractivity contribution in [1.82, 2.24) is 9.97 Å². The predicted molar refractivity (Wildman–Crippen MR) is 305 cm³/mol. The first-order chi connectivity index (χ1) is 36.4. The van der Waals surface area contributed by atoms with Gasteiger partial charge in [0.05, 0.1) is 0 Å². The molecule has 0 N–H and O–H groups in total. The third-order valence-electron chi connectivity index (χ3n) is 18.4. The molecule has 0 radical (unpaired) electrons. The molecule has 4 bridgehead atoms. The van der Waals surface area contributed by atoms with Gasteiger partial charge in [-0.1, -0.05) is 141 Å². The van der Waals surface area contributed by atoms with Crippen LogP contribution >= 0.6 is 0 Å². The Labute approximate surface area is 435 Å². The zero-order valence-electron chi connectivity index (χ0n) is 42.0. The summed E-state index contributed by atoms with van der Waals surface area (Å²) in [5.74, 6) is 2.74. The summed E-state index contributed by atoms with van der Waals surface area (Å²) in [6.45, 7) is 4.88. The topological polar surface area (TPSA) is 29.0 Å². The summed E-state index contributed by atoms with van der Waals surface area (Å²) in [6, 6.07) is 75.5. The number of nitrogens with zero attached hydrogens (tertiary/aromatic N) is 3. The Morgan fingerprint density at radius 1 is 0.365 bits per heavy atom. The number of fused-ring (bicyclic) bond motifs is 6. The van der Waals surface area contributed by atoms with Crippen LogP contribution in [0.15, 0.2) is 225 Å². The minimum atomic E-state index is -0.270. The number of rotatable bonds is 8. The van der Waals surface area contributed by atoms with Crippen molar-refractivity contribution in [1.29, 1.82) is 0 Å².